The molecular weight excluding hydrogens is 444 g/mol. The lowest BCUT2D eigenvalue weighted by Crippen LogP contribution is -2.52. The fraction of sp³-hybridized carbons (Fsp3) is 0.522. The summed E-state index contributed by atoms with van der Waals surface area (Å²) in [6.07, 6.45) is 1.30. The molecule has 1 aromatic carbocycles. The van der Waals surface area contributed by atoms with Crippen molar-refractivity contribution in [2.45, 2.75) is 51.5 Å². The van der Waals surface area contributed by atoms with Crippen molar-refractivity contribution < 1.29 is 13.2 Å². The lowest BCUT2D eigenvalue weighted by atomic mass is 9.85. The minimum Gasteiger partial charge on any atom is -0.338 e. The number of hydrogen-bond acceptors (Lipinski definition) is 5. The van der Waals surface area contributed by atoms with Gasteiger partial charge in [0, 0.05) is 45.5 Å². The van der Waals surface area contributed by atoms with Crippen LogP contribution >= 0.6 is 0 Å². The fourth-order valence-electron chi connectivity index (χ4n) is 4.08. The highest BCUT2D eigenvalue weighted by Crippen LogP contribution is 2.31. The van der Waals surface area contributed by atoms with Crippen molar-refractivity contribution in [1.82, 2.24) is 18.3 Å². The molecule has 3 rings (SSSR count). The average Bonchev–Trinajstić information content (AvgIpc) is 2.73. The zero-order chi connectivity index (χ0) is 24.7. The Bertz CT molecular complexity index is 1270. The molecule has 0 saturated carbocycles. The van der Waals surface area contributed by atoms with E-state index in [1.54, 1.807) is 4.90 Å². The normalized spacial score (nSPS) is 15.6. The molecule has 2 aromatic rings. The number of carbonyl (C=O) groups is 1. The molecule has 9 nitrogen and oxygen atoms in total. The first-order valence-corrected chi connectivity index (χ1v) is 12.3. The smallest absolute Gasteiger partial charge is 0.331 e. The first-order valence-electron chi connectivity index (χ1n) is 10.9. The van der Waals surface area contributed by atoms with Crippen molar-refractivity contribution in [1.29, 1.82) is 0 Å². The summed E-state index contributed by atoms with van der Waals surface area (Å²) in [4.78, 5) is 38.3. The van der Waals surface area contributed by atoms with Gasteiger partial charge in [-0.1, -0.05) is 32.9 Å². The van der Waals surface area contributed by atoms with Gasteiger partial charge in [0.2, 0.25) is 15.9 Å². The van der Waals surface area contributed by atoms with E-state index in [9.17, 15) is 22.8 Å². The largest absolute Gasteiger partial charge is 0.338 e. The van der Waals surface area contributed by atoms with Crippen molar-refractivity contribution in [3.63, 3.8) is 0 Å². The number of nitrogens with zero attached hydrogens (tertiary/aromatic N) is 4. The summed E-state index contributed by atoms with van der Waals surface area (Å²) in [6, 6.07) is 5.10. The SMILES string of the molecule is Cc1cc(C(C)(C)C)cc(C)c1S(=O)(=O)N1CCN(C(=O)Cn2ccc(=O)n(C)c2=O)CC1. The van der Waals surface area contributed by atoms with E-state index in [0.29, 0.717) is 16.0 Å². The third-order valence-electron chi connectivity index (χ3n) is 6.08. The molecule has 180 valence electrons. The van der Waals surface area contributed by atoms with Gasteiger partial charge < -0.3 is 4.90 Å². The number of benzene rings is 1. The maximum atomic E-state index is 13.4. The monoisotopic (exact) mass is 476 g/mol. The quantitative estimate of drug-likeness (QED) is 0.655. The molecule has 0 N–H and O–H groups in total. The first-order chi connectivity index (χ1) is 15.2. The molecule has 0 atom stereocenters. The van der Waals surface area contributed by atoms with Crippen LogP contribution in [0.25, 0.3) is 0 Å². The van der Waals surface area contributed by atoms with Gasteiger partial charge in [-0.2, -0.15) is 4.31 Å². The number of rotatable bonds is 4. The number of amides is 1. The second-order valence-corrected chi connectivity index (χ2v) is 11.5. The highest BCUT2D eigenvalue weighted by molar-refractivity contribution is 7.89. The Morgan fingerprint density at radius 3 is 2.06 bits per heavy atom. The van der Waals surface area contributed by atoms with Crippen LogP contribution in [0.15, 0.2) is 38.9 Å². The van der Waals surface area contributed by atoms with Gasteiger partial charge in [0.25, 0.3) is 5.56 Å². The van der Waals surface area contributed by atoms with Crippen LogP contribution in [0, 0.1) is 13.8 Å². The Morgan fingerprint density at radius 1 is 1.00 bits per heavy atom. The highest BCUT2D eigenvalue weighted by Gasteiger charge is 2.33. The van der Waals surface area contributed by atoms with Crippen LogP contribution in [-0.4, -0.2) is 58.8 Å². The molecule has 1 amide bonds. The molecule has 1 aromatic heterocycles. The molecule has 33 heavy (non-hydrogen) atoms. The molecule has 0 radical (unpaired) electrons. The van der Waals surface area contributed by atoms with Crippen LogP contribution in [0.2, 0.25) is 0 Å². The molecule has 1 aliphatic rings. The van der Waals surface area contributed by atoms with E-state index in [1.807, 2.05) is 26.0 Å². The molecule has 0 bridgehead atoms. The Balaban J connectivity index is 1.74. The molecule has 10 heteroatoms. The summed E-state index contributed by atoms with van der Waals surface area (Å²) < 4.78 is 30.4. The van der Waals surface area contributed by atoms with Crippen molar-refractivity contribution in [2.75, 3.05) is 26.2 Å². The van der Waals surface area contributed by atoms with Crippen molar-refractivity contribution >= 4 is 15.9 Å². The number of aryl methyl sites for hydroxylation is 2. The third-order valence-corrected chi connectivity index (χ3v) is 8.29. The summed E-state index contributed by atoms with van der Waals surface area (Å²) in [7, 11) is -2.35. The Kier molecular flexibility index (Phi) is 6.72. The van der Waals surface area contributed by atoms with E-state index < -0.39 is 21.3 Å². The van der Waals surface area contributed by atoms with E-state index in [2.05, 4.69) is 20.8 Å². The second kappa shape index (κ2) is 8.90. The van der Waals surface area contributed by atoms with E-state index in [1.165, 1.54) is 28.2 Å². The van der Waals surface area contributed by atoms with Crippen LogP contribution in [0.5, 0.6) is 0 Å². The van der Waals surface area contributed by atoms with Gasteiger partial charge in [0.1, 0.15) is 6.54 Å². The first kappa shape index (κ1) is 24.9. The molecule has 0 spiro atoms. The minimum absolute atomic E-state index is 0.0865. The molecule has 1 saturated heterocycles. The van der Waals surface area contributed by atoms with Gasteiger partial charge in [0.05, 0.1) is 4.90 Å². The molecule has 1 fully saturated rings. The van der Waals surface area contributed by atoms with E-state index in [4.69, 9.17) is 0 Å². The maximum Gasteiger partial charge on any atom is 0.331 e. The Labute approximate surface area is 194 Å². The summed E-state index contributed by atoms with van der Waals surface area (Å²) in [5.41, 5.74) is 1.42. The molecule has 1 aliphatic heterocycles. The molecule has 0 aliphatic carbocycles. The predicted molar refractivity (Wildman–Crippen MR) is 126 cm³/mol. The standard InChI is InChI=1S/C23H32N4O5S/c1-16-13-18(23(3,4)5)14-17(2)21(16)33(31,32)27-11-9-25(10-12-27)20(29)15-26-8-7-19(28)24(6)22(26)30/h7-8,13-14H,9-12,15H2,1-6H3. The van der Waals surface area contributed by atoms with Crippen molar-refractivity contribution in [2.24, 2.45) is 7.05 Å². The van der Waals surface area contributed by atoms with Gasteiger partial charge in [-0.25, -0.2) is 13.2 Å². The topological polar surface area (TPSA) is 102 Å². The zero-order valence-electron chi connectivity index (χ0n) is 20.1. The number of aromatic nitrogens is 2. The molecule has 2 heterocycles. The van der Waals surface area contributed by atoms with Crippen LogP contribution in [-0.2, 0) is 33.8 Å². The van der Waals surface area contributed by atoms with Crippen LogP contribution in [0.3, 0.4) is 0 Å². The van der Waals surface area contributed by atoms with Gasteiger partial charge >= 0.3 is 5.69 Å². The van der Waals surface area contributed by atoms with Crippen molar-refractivity contribution in [3.05, 3.63) is 61.9 Å². The lowest BCUT2D eigenvalue weighted by molar-refractivity contribution is -0.133. The van der Waals surface area contributed by atoms with Crippen LogP contribution in [0.4, 0.5) is 0 Å². The van der Waals surface area contributed by atoms with Crippen molar-refractivity contribution in [3.8, 4) is 0 Å². The Hall–Kier alpha value is -2.72. The second-order valence-electron chi connectivity index (χ2n) is 9.60. The van der Waals surface area contributed by atoms with E-state index in [-0.39, 0.29) is 44.0 Å². The Morgan fingerprint density at radius 2 is 1.55 bits per heavy atom. The van der Waals surface area contributed by atoms with Gasteiger partial charge in [0.15, 0.2) is 0 Å². The van der Waals surface area contributed by atoms with Gasteiger partial charge in [-0.3, -0.25) is 18.7 Å². The zero-order valence-corrected chi connectivity index (χ0v) is 20.9. The van der Waals surface area contributed by atoms with Gasteiger partial charge in [-0.05, 0) is 36.0 Å². The lowest BCUT2D eigenvalue weighted by Gasteiger charge is -2.35. The molecular formula is C23H32N4O5S. The average molecular weight is 477 g/mol. The fourth-order valence-corrected chi connectivity index (χ4v) is 5.91. The minimum atomic E-state index is -3.71. The highest BCUT2D eigenvalue weighted by atomic mass is 32.2. The number of piperazine rings is 1. The summed E-state index contributed by atoms with van der Waals surface area (Å²) in [5, 5.41) is 0. The number of sulfonamides is 1. The molecule has 0 unspecified atom stereocenters. The number of hydrogen-bond donors (Lipinski definition) is 0. The van der Waals surface area contributed by atoms with Crippen LogP contribution in [0.1, 0.15) is 37.5 Å². The predicted octanol–water partition coefficient (Wildman–Crippen LogP) is 0.994. The number of carbonyl (C=O) groups excluding carboxylic acids is 1. The van der Waals surface area contributed by atoms with Crippen LogP contribution < -0.4 is 11.2 Å². The van der Waals surface area contributed by atoms with E-state index in [0.717, 1.165) is 10.1 Å². The summed E-state index contributed by atoms with van der Waals surface area (Å²) in [5.74, 6) is -0.297. The summed E-state index contributed by atoms with van der Waals surface area (Å²) in [6.45, 7) is 10.5. The van der Waals surface area contributed by atoms with Gasteiger partial charge in [-0.15, -0.1) is 0 Å². The maximum absolute atomic E-state index is 13.4. The third kappa shape index (κ3) is 4.96. The van der Waals surface area contributed by atoms with E-state index >= 15 is 0 Å². The summed E-state index contributed by atoms with van der Waals surface area (Å²) >= 11 is 0.